The average Bonchev–Trinajstić information content (AvgIpc) is 2.65. The number of rotatable bonds is 5. The number of carbonyl (C=O) groups excluding carboxylic acids is 1. The van der Waals surface area contributed by atoms with E-state index in [-0.39, 0.29) is 23.0 Å². The van der Waals surface area contributed by atoms with Gasteiger partial charge in [0.25, 0.3) is 0 Å². The molecule has 0 atom stereocenters. The van der Waals surface area contributed by atoms with Gasteiger partial charge in [-0.3, -0.25) is 4.79 Å². The first-order chi connectivity index (χ1) is 12.5. The fourth-order valence-electron chi connectivity index (χ4n) is 3.08. The van der Waals surface area contributed by atoms with Crippen molar-refractivity contribution in [3.05, 3.63) is 41.4 Å². The van der Waals surface area contributed by atoms with E-state index in [4.69, 9.17) is 16.3 Å². The molecule has 0 amide bonds. The van der Waals surface area contributed by atoms with Crippen LogP contribution in [0.3, 0.4) is 0 Å². The predicted octanol–water partition coefficient (Wildman–Crippen LogP) is 4.16. The predicted molar refractivity (Wildman–Crippen MR) is 98.1 cm³/mol. The standard InChI is InChI=1S/C18H20ClFN4O2/c1-26-18(25)11-2-4-12(5-3-11)23-16-9-17(22-10-21-16)24-13-6-7-15(20)14(19)8-13/h6-12H,2-5H2,1H3,(H2,21,22,23,24). The fraction of sp³-hybridized carbons (Fsp3) is 0.389. The third-order valence-corrected chi connectivity index (χ3v) is 4.76. The van der Waals surface area contributed by atoms with Crippen molar-refractivity contribution < 1.29 is 13.9 Å². The molecule has 0 radical (unpaired) electrons. The lowest BCUT2D eigenvalue weighted by atomic mass is 9.86. The lowest BCUT2D eigenvalue weighted by Crippen LogP contribution is -2.30. The molecule has 0 saturated heterocycles. The highest BCUT2D eigenvalue weighted by atomic mass is 35.5. The quantitative estimate of drug-likeness (QED) is 0.761. The number of nitrogens with zero attached hydrogens (tertiary/aromatic N) is 2. The minimum Gasteiger partial charge on any atom is -0.469 e. The minimum absolute atomic E-state index is 0.0103. The lowest BCUT2D eigenvalue weighted by molar-refractivity contribution is -0.146. The van der Waals surface area contributed by atoms with Gasteiger partial charge in [-0.2, -0.15) is 0 Å². The molecule has 1 aliphatic rings. The van der Waals surface area contributed by atoms with Crippen molar-refractivity contribution in [3.8, 4) is 0 Å². The fourth-order valence-corrected chi connectivity index (χ4v) is 3.26. The number of hydrogen-bond acceptors (Lipinski definition) is 6. The van der Waals surface area contributed by atoms with Gasteiger partial charge >= 0.3 is 5.97 Å². The van der Waals surface area contributed by atoms with E-state index in [1.54, 1.807) is 12.1 Å². The van der Waals surface area contributed by atoms with Crippen molar-refractivity contribution in [1.82, 2.24) is 9.97 Å². The molecule has 1 saturated carbocycles. The molecule has 2 aromatic rings. The normalized spacial score (nSPS) is 19.7. The summed E-state index contributed by atoms with van der Waals surface area (Å²) in [6.07, 6.45) is 4.80. The molecule has 1 aliphatic carbocycles. The Morgan fingerprint density at radius 2 is 1.92 bits per heavy atom. The summed E-state index contributed by atoms with van der Waals surface area (Å²) in [4.78, 5) is 20.0. The molecule has 8 heteroatoms. The zero-order valence-corrected chi connectivity index (χ0v) is 15.1. The molecule has 26 heavy (non-hydrogen) atoms. The van der Waals surface area contributed by atoms with Crippen LogP contribution in [0.5, 0.6) is 0 Å². The summed E-state index contributed by atoms with van der Waals surface area (Å²) in [5.41, 5.74) is 0.639. The van der Waals surface area contributed by atoms with Crippen LogP contribution in [-0.2, 0) is 9.53 Å². The van der Waals surface area contributed by atoms with Crippen LogP contribution in [0.4, 0.5) is 21.7 Å². The van der Waals surface area contributed by atoms with E-state index >= 15 is 0 Å². The molecule has 3 rings (SSSR count). The van der Waals surface area contributed by atoms with Crippen LogP contribution in [-0.4, -0.2) is 29.1 Å². The summed E-state index contributed by atoms with van der Waals surface area (Å²) in [5, 5.41) is 6.50. The van der Waals surface area contributed by atoms with E-state index in [2.05, 4.69) is 20.6 Å². The van der Waals surface area contributed by atoms with E-state index in [1.165, 1.54) is 25.6 Å². The van der Waals surface area contributed by atoms with Crippen LogP contribution >= 0.6 is 11.6 Å². The number of halogens is 2. The van der Waals surface area contributed by atoms with Crippen LogP contribution in [0.25, 0.3) is 0 Å². The van der Waals surface area contributed by atoms with Crippen molar-refractivity contribution >= 4 is 34.9 Å². The van der Waals surface area contributed by atoms with Gasteiger partial charge in [-0.25, -0.2) is 14.4 Å². The van der Waals surface area contributed by atoms with Gasteiger partial charge in [0, 0.05) is 17.8 Å². The van der Waals surface area contributed by atoms with E-state index in [1.807, 2.05) is 0 Å². The summed E-state index contributed by atoms with van der Waals surface area (Å²) in [6.45, 7) is 0. The number of ether oxygens (including phenoxy) is 1. The summed E-state index contributed by atoms with van der Waals surface area (Å²) < 4.78 is 18.0. The van der Waals surface area contributed by atoms with E-state index < -0.39 is 5.82 Å². The van der Waals surface area contributed by atoms with Gasteiger partial charge in [-0.1, -0.05) is 11.6 Å². The second-order valence-corrected chi connectivity index (χ2v) is 6.67. The summed E-state index contributed by atoms with van der Waals surface area (Å²) in [6, 6.07) is 6.41. The number of carbonyl (C=O) groups is 1. The molecule has 6 nitrogen and oxygen atoms in total. The zero-order chi connectivity index (χ0) is 18.5. The van der Waals surface area contributed by atoms with Gasteiger partial charge in [-0.05, 0) is 43.9 Å². The molecular formula is C18H20ClFN4O2. The summed E-state index contributed by atoms with van der Waals surface area (Å²) >= 11 is 5.79. The van der Waals surface area contributed by atoms with Crippen LogP contribution in [0.15, 0.2) is 30.6 Å². The topological polar surface area (TPSA) is 76.1 Å². The van der Waals surface area contributed by atoms with Crippen LogP contribution in [0.2, 0.25) is 5.02 Å². The molecule has 0 unspecified atom stereocenters. The Balaban J connectivity index is 1.59. The number of benzene rings is 1. The maximum Gasteiger partial charge on any atom is 0.308 e. The lowest BCUT2D eigenvalue weighted by Gasteiger charge is -2.27. The van der Waals surface area contributed by atoms with Gasteiger partial charge in [0.15, 0.2) is 0 Å². The van der Waals surface area contributed by atoms with E-state index in [0.717, 1.165) is 25.7 Å². The van der Waals surface area contributed by atoms with Gasteiger partial charge in [-0.15, -0.1) is 0 Å². The van der Waals surface area contributed by atoms with Crippen LogP contribution in [0.1, 0.15) is 25.7 Å². The number of aromatic nitrogens is 2. The molecule has 1 aromatic carbocycles. The zero-order valence-electron chi connectivity index (χ0n) is 14.3. The Morgan fingerprint density at radius 3 is 2.62 bits per heavy atom. The molecule has 138 valence electrons. The molecule has 0 bridgehead atoms. The molecule has 1 heterocycles. The summed E-state index contributed by atoms with van der Waals surface area (Å²) in [5.74, 6) is 0.661. The first-order valence-electron chi connectivity index (χ1n) is 8.43. The Morgan fingerprint density at radius 1 is 1.19 bits per heavy atom. The first kappa shape index (κ1) is 18.4. The van der Waals surface area contributed by atoms with Crippen LogP contribution < -0.4 is 10.6 Å². The molecule has 0 spiro atoms. The Bertz CT molecular complexity index is 782. The Kier molecular flexibility index (Phi) is 5.88. The third-order valence-electron chi connectivity index (χ3n) is 4.47. The largest absolute Gasteiger partial charge is 0.469 e. The minimum atomic E-state index is -0.468. The van der Waals surface area contributed by atoms with E-state index in [0.29, 0.717) is 17.3 Å². The first-order valence-corrected chi connectivity index (χ1v) is 8.81. The molecule has 2 N–H and O–H groups in total. The molecule has 0 aliphatic heterocycles. The Labute approximate surface area is 156 Å². The average molecular weight is 379 g/mol. The number of hydrogen-bond donors (Lipinski definition) is 2. The van der Waals surface area contributed by atoms with Crippen molar-refractivity contribution in [1.29, 1.82) is 0 Å². The number of methoxy groups -OCH3 is 1. The Hall–Kier alpha value is -2.41. The van der Waals surface area contributed by atoms with Gasteiger partial charge in [0.2, 0.25) is 0 Å². The van der Waals surface area contributed by atoms with Crippen molar-refractivity contribution in [2.24, 2.45) is 5.92 Å². The van der Waals surface area contributed by atoms with Crippen molar-refractivity contribution in [3.63, 3.8) is 0 Å². The molecule has 1 fully saturated rings. The smallest absolute Gasteiger partial charge is 0.308 e. The van der Waals surface area contributed by atoms with Crippen molar-refractivity contribution in [2.45, 2.75) is 31.7 Å². The second kappa shape index (κ2) is 8.31. The maximum absolute atomic E-state index is 13.2. The summed E-state index contributed by atoms with van der Waals surface area (Å²) in [7, 11) is 1.43. The van der Waals surface area contributed by atoms with Gasteiger partial charge in [0.05, 0.1) is 18.1 Å². The number of nitrogens with one attached hydrogen (secondary N) is 2. The highest BCUT2D eigenvalue weighted by Gasteiger charge is 2.26. The van der Waals surface area contributed by atoms with Gasteiger partial charge in [0.1, 0.15) is 23.8 Å². The monoisotopic (exact) mass is 378 g/mol. The highest BCUT2D eigenvalue weighted by Crippen LogP contribution is 2.28. The van der Waals surface area contributed by atoms with Crippen molar-refractivity contribution in [2.75, 3.05) is 17.7 Å². The third kappa shape index (κ3) is 4.60. The second-order valence-electron chi connectivity index (χ2n) is 6.26. The molecule has 1 aromatic heterocycles. The van der Waals surface area contributed by atoms with E-state index in [9.17, 15) is 9.18 Å². The maximum atomic E-state index is 13.2. The molecular weight excluding hydrogens is 359 g/mol. The highest BCUT2D eigenvalue weighted by molar-refractivity contribution is 6.31. The van der Waals surface area contributed by atoms with Crippen LogP contribution in [0, 0.1) is 11.7 Å². The number of esters is 1. The SMILES string of the molecule is COC(=O)C1CCC(Nc2cc(Nc3ccc(F)c(Cl)c3)ncn2)CC1. The number of anilines is 3. The van der Waals surface area contributed by atoms with Gasteiger partial charge < -0.3 is 15.4 Å².